The number of hydrogen-bond acceptors (Lipinski definition) is 0. The van der Waals surface area contributed by atoms with Gasteiger partial charge in [0.25, 0.3) is 0 Å². The van der Waals surface area contributed by atoms with Crippen molar-refractivity contribution in [2.24, 2.45) is 0 Å². The lowest BCUT2D eigenvalue weighted by atomic mass is 10.0. The molecule has 150 valence electrons. The molecule has 0 saturated heterocycles. The minimum atomic E-state index is 1.17. The van der Waals surface area contributed by atoms with Crippen molar-refractivity contribution in [1.29, 1.82) is 0 Å². The standard InChI is InChI=1S/C30H20N2/c1-2-9-20(10-3-1)21-11-8-12-22(19-21)32-28-16-7-5-13-23(28)24-17-18-27-29(30(24)32)25-14-4-6-15-26(25)31-27/h1-19,31H. The van der Waals surface area contributed by atoms with Crippen LogP contribution in [0.3, 0.4) is 0 Å². The van der Waals surface area contributed by atoms with Crippen LogP contribution in [0.4, 0.5) is 0 Å². The van der Waals surface area contributed by atoms with E-state index in [4.69, 9.17) is 0 Å². The van der Waals surface area contributed by atoms with Gasteiger partial charge in [0.05, 0.1) is 11.0 Å². The molecule has 2 nitrogen and oxygen atoms in total. The lowest BCUT2D eigenvalue weighted by Gasteiger charge is -2.11. The molecule has 0 radical (unpaired) electrons. The van der Waals surface area contributed by atoms with Gasteiger partial charge in [-0.15, -0.1) is 0 Å². The van der Waals surface area contributed by atoms with Gasteiger partial charge in [-0.3, -0.25) is 0 Å². The zero-order valence-corrected chi connectivity index (χ0v) is 17.4. The second-order valence-corrected chi connectivity index (χ2v) is 8.32. The maximum Gasteiger partial charge on any atom is 0.0641 e. The Balaban J connectivity index is 1.65. The van der Waals surface area contributed by atoms with Crippen molar-refractivity contribution >= 4 is 43.6 Å². The second-order valence-electron chi connectivity index (χ2n) is 8.32. The molecule has 7 rings (SSSR count). The predicted octanol–water partition coefficient (Wildman–Crippen LogP) is 8.09. The van der Waals surface area contributed by atoms with Gasteiger partial charge in [-0.2, -0.15) is 0 Å². The van der Waals surface area contributed by atoms with E-state index in [1.807, 2.05) is 0 Å². The molecule has 0 aliphatic carbocycles. The van der Waals surface area contributed by atoms with Crippen LogP contribution in [-0.4, -0.2) is 9.55 Å². The molecule has 0 atom stereocenters. The molecule has 0 aliphatic heterocycles. The zero-order chi connectivity index (χ0) is 21.1. The van der Waals surface area contributed by atoms with E-state index in [9.17, 15) is 0 Å². The van der Waals surface area contributed by atoms with Crippen molar-refractivity contribution in [2.75, 3.05) is 0 Å². The molecule has 5 aromatic carbocycles. The smallest absolute Gasteiger partial charge is 0.0641 e. The van der Waals surface area contributed by atoms with Crippen molar-refractivity contribution in [3.8, 4) is 16.8 Å². The van der Waals surface area contributed by atoms with E-state index in [0.29, 0.717) is 0 Å². The van der Waals surface area contributed by atoms with Crippen molar-refractivity contribution in [2.45, 2.75) is 0 Å². The Kier molecular flexibility index (Phi) is 3.58. The first-order chi connectivity index (χ1) is 15.9. The van der Waals surface area contributed by atoms with Gasteiger partial charge in [0.2, 0.25) is 0 Å². The lowest BCUT2D eigenvalue weighted by molar-refractivity contribution is 1.19. The molecule has 0 aliphatic rings. The molecule has 0 fully saturated rings. The Labute approximate surface area is 185 Å². The lowest BCUT2D eigenvalue weighted by Crippen LogP contribution is -1.94. The summed E-state index contributed by atoms with van der Waals surface area (Å²) in [5.41, 5.74) is 8.45. The molecular formula is C30H20N2. The molecule has 2 aromatic heterocycles. The largest absolute Gasteiger partial charge is 0.354 e. The van der Waals surface area contributed by atoms with E-state index in [0.717, 1.165) is 0 Å². The first kappa shape index (κ1) is 17.4. The summed E-state index contributed by atoms with van der Waals surface area (Å²) in [6.07, 6.45) is 0. The Morgan fingerprint density at radius 3 is 2.16 bits per heavy atom. The third-order valence-corrected chi connectivity index (χ3v) is 6.51. The number of para-hydroxylation sites is 2. The van der Waals surface area contributed by atoms with E-state index in [-0.39, 0.29) is 0 Å². The number of aromatic amines is 1. The van der Waals surface area contributed by atoms with Gasteiger partial charge in [0.1, 0.15) is 0 Å². The zero-order valence-electron chi connectivity index (χ0n) is 17.4. The second kappa shape index (κ2) is 6.60. The van der Waals surface area contributed by atoms with Crippen molar-refractivity contribution in [3.05, 3.63) is 115 Å². The van der Waals surface area contributed by atoms with Gasteiger partial charge < -0.3 is 9.55 Å². The summed E-state index contributed by atoms with van der Waals surface area (Å²) in [4.78, 5) is 3.62. The van der Waals surface area contributed by atoms with Crippen LogP contribution in [0.2, 0.25) is 0 Å². The summed E-state index contributed by atoms with van der Waals surface area (Å²) in [5, 5.41) is 5.10. The van der Waals surface area contributed by atoms with Crippen LogP contribution in [0.1, 0.15) is 0 Å². The molecule has 0 spiro atoms. The van der Waals surface area contributed by atoms with E-state index in [1.54, 1.807) is 0 Å². The molecule has 0 bridgehead atoms. The highest BCUT2D eigenvalue weighted by molar-refractivity contribution is 6.25. The molecule has 2 heteroatoms. The topological polar surface area (TPSA) is 20.7 Å². The third kappa shape index (κ3) is 2.41. The van der Waals surface area contributed by atoms with Crippen LogP contribution >= 0.6 is 0 Å². The van der Waals surface area contributed by atoms with Crippen LogP contribution in [-0.2, 0) is 0 Å². The molecule has 32 heavy (non-hydrogen) atoms. The van der Waals surface area contributed by atoms with Crippen LogP contribution in [0.5, 0.6) is 0 Å². The molecular weight excluding hydrogens is 388 g/mol. The quantitative estimate of drug-likeness (QED) is 0.298. The van der Waals surface area contributed by atoms with E-state index in [1.165, 1.54) is 60.4 Å². The van der Waals surface area contributed by atoms with Crippen molar-refractivity contribution in [1.82, 2.24) is 9.55 Å². The fourth-order valence-corrected chi connectivity index (χ4v) is 5.11. The van der Waals surface area contributed by atoms with Crippen LogP contribution < -0.4 is 0 Å². The number of rotatable bonds is 2. The monoisotopic (exact) mass is 408 g/mol. The number of nitrogens with zero attached hydrogens (tertiary/aromatic N) is 1. The Morgan fingerprint density at radius 2 is 1.25 bits per heavy atom. The normalized spacial score (nSPS) is 11.8. The number of nitrogens with one attached hydrogen (secondary N) is 1. The number of H-pyrrole nitrogens is 1. The average molecular weight is 409 g/mol. The fraction of sp³-hybridized carbons (Fsp3) is 0. The highest BCUT2D eigenvalue weighted by atomic mass is 15.0. The van der Waals surface area contributed by atoms with Crippen LogP contribution in [0.25, 0.3) is 60.4 Å². The molecule has 0 saturated carbocycles. The molecule has 0 unspecified atom stereocenters. The fourth-order valence-electron chi connectivity index (χ4n) is 5.11. The molecule has 7 aromatic rings. The van der Waals surface area contributed by atoms with E-state index >= 15 is 0 Å². The van der Waals surface area contributed by atoms with Gasteiger partial charge in [-0.05, 0) is 41.5 Å². The van der Waals surface area contributed by atoms with Gasteiger partial charge >= 0.3 is 0 Å². The number of fused-ring (bicyclic) bond motifs is 7. The number of hydrogen-bond donors (Lipinski definition) is 1. The summed E-state index contributed by atoms with van der Waals surface area (Å²) >= 11 is 0. The first-order valence-electron chi connectivity index (χ1n) is 11.0. The number of benzene rings is 5. The summed E-state index contributed by atoms with van der Waals surface area (Å²) in [6, 6.07) is 41.2. The Bertz CT molecular complexity index is 1770. The predicted molar refractivity (Wildman–Crippen MR) is 136 cm³/mol. The average Bonchev–Trinajstić information content (AvgIpc) is 3.40. The maximum absolute atomic E-state index is 3.62. The van der Waals surface area contributed by atoms with Gasteiger partial charge in [0.15, 0.2) is 0 Å². The molecule has 1 N–H and O–H groups in total. The van der Waals surface area contributed by atoms with Crippen LogP contribution in [0.15, 0.2) is 115 Å². The summed E-state index contributed by atoms with van der Waals surface area (Å²) < 4.78 is 2.43. The molecule has 2 heterocycles. The summed E-state index contributed by atoms with van der Waals surface area (Å²) in [5.74, 6) is 0. The summed E-state index contributed by atoms with van der Waals surface area (Å²) in [6.45, 7) is 0. The minimum absolute atomic E-state index is 1.17. The molecule has 0 amide bonds. The van der Waals surface area contributed by atoms with E-state index < -0.39 is 0 Å². The van der Waals surface area contributed by atoms with Gasteiger partial charge in [0, 0.05) is 38.3 Å². The first-order valence-corrected chi connectivity index (χ1v) is 11.0. The SMILES string of the molecule is c1ccc(-c2cccc(-n3c4ccccc4c4ccc5[nH]c6ccccc6c5c43)c2)cc1. The third-order valence-electron chi connectivity index (χ3n) is 6.51. The minimum Gasteiger partial charge on any atom is -0.354 e. The van der Waals surface area contributed by atoms with Gasteiger partial charge in [-0.1, -0.05) is 84.9 Å². The maximum atomic E-state index is 3.62. The van der Waals surface area contributed by atoms with Crippen LogP contribution in [0, 0.1) is 0 Å². The Hall–Kier alpha value is -4.30. The highest BCUT2D eigenvalue weighted by Crippen LogP contribution is 2.39. The van der Waals surface area contributed by atoms with Crippen molar-refractivity contribution in [3.63, 3.8) is 0 Å². The summed E-state index contributed by atoms with van der Waals surface area (Å²) in [7, 11) is 0. The highest BCUT2D eigenvalue weighted by Gasteiger charge is 2.17. The van der Waals surface area contributed by atoms with E-state index in [2.05, 4.69) is 125 Å². The Morgan fingerprint density at radius 1 is 0.500 bits per heavy atom. The number of aromatic nitrogens is 2. The van der Waals surface area contributed by atoms with Gasteiger partial charge in [-0.25, -0.2) is 0 Å². The van der Waals surface area contributed by atoms with Crippen molar-refractivity contribution < 1.29 is 0 Å².